The molecule has 5 heteroatoms. The largest absolute Gasteiger partial charge is 0.369 e. The summed E-state index contributed by atoms with van der Waals surface area (Å²) in [6.07, 6.45) is 5.13. The number of hydrogen-bond acceptors (Lipinski definition) is 4. The number of halogens is 1. The third-order valence-corrected chi connectivity index (χ3v) is 2.60. The van der Waals surface area contributed by atoms with Crippen LogP contribution in [-0.4, -0.2) is 28.0 Å². The van der Waals surface area contributed by atoms with Crippen LogP contribution in [0.5, 0.6) is 0 Å². The van der Waals surface area contributed by atoms with E-state index in [0.717, 1.165) is 29.6 Å². The van der Waals surface area contributed by atoms with Gasteiger partial charge in [-0.05, 0) is 18.5 Å². The first-order valence-corrected chi connectivity index (χ1v) is 6.02. The Bertz CT molecular complexity index is 342. The molecule has 0 atom stereocenters. The first-order valence-electron chi connectivity index (χ1n) is 4.48. The van der Waals surface area contributed by atoms with Gasteiger partial charge in [0.15, 0.2) is 0 Å². The molecule has 3 nitrogen and oxygen atoms in total. The Hall–Kier alpha value is -0.920. The molecule has 0 aromatic carbocycles. The average molecular weight is 242 g/mol. The van der Waals surface area contributed by atoms with Crippen LogP contribution < -0.4 is 5.32 Å². The molecule has 1 heterocycles. The van der Waals surface area contributed by atoms with Gasteiger partial charge in [-0.3, -0.25) is 0 Å². The van der Waals surface area contributed by atoms with E-state index in [-0.39, 0.29) is 5.28 Å². The third kappa shape index (κ3) is 4.91. The van der Waals surface area contributed by atoms with Crippen LogP contribution >= 0.6 is 23.4 Å². The maximum atomic E-state index is 5.72. The van der Waals surface area contributed by atoms with E-state index in [0.29, 0.717) is 0 Å². The van der Waals surface area contributed by atoms with Crippen molar-refractivity contribution in [1.82, 2.24) is 9.97 Å². The molecular formula is C10H12ClN3S. The van der Waals surface area contributed by atoms with E-state index >= 15 is 0 Å². The molecule has 15 heavy (non-hydrogen) atoms. The van der Waals surface area contributed by atoms with E-state index in [1.165, 1.54) is 0 Å². The second-order valence-corrected chi connectivity index (χ2v) is 4.29. The zero-order chi connectivity index (χ0) is 11.1. The number of aryl methyl sites for hydroxylation is 1. The molecule has 80 valence electrons. The van der Waals surface area contributed by atoms with Crippen LogP contribution in [0.4, 0.5) is 5.82 Å². The van der Waals surface area contributed by atoms with Gasteiger partial charge < -0.3 is 5.32 Å². The van der Waals surface area contributed by atoms with Gasteiger partial charge in [-0.1, -0.05) is 5.92 Å². The van der Waals surface area contributed by atoms with Gasteiger partial charge >= 0.3 is 0 Å². The molecule has 0 bridgehead atoms. The number of aromatic nitrogens is 2. The standard InChI is InChI=1S/C10H12ClN3S/c1-3-5-15-6-4-12-9-7-8(2)13-10(11)14-9/h1,7H,4-6H2,2H3,(H,12,13,14). The molecule has 0 amide bonds. The summed E-state index contributed by atoms with van der Waals surface area (Å²) in [4.78, 5) is 8.02. The fourth-order valence-electron chi connectivity index (χ4n) is 1.01. The van der Waals surface area contributed by atoms with Crippen molar-refractivity contribution in [3.8, 4) is 12.3 Å². The van der Waals surface area contributed by atoms with Gasteiger partial charge in [-0.15, -0.1) is 18.2 Å². The predicted octanol–water partition coefficient (Wildman–Crippen LogP) is 2.22. The lowest BCUT2D eigenvalue weighted by Crippen LogP contribution is -2.06. The Morgan fingerprint density at radius 3 is 3.07 bits per heavy atom. The molecule has 0 fully saturated rings. The number of nitrogens with zero attached hydrogens (tertiary/aromatic N) is 2. The van der Waals surface area contributed by atoms with Crippen LogP contribution in [0.3, 0.4) is 0 Å². The topological polar surface area (TPSA) is 37.8 Å². The Morgan fingerprint density at radius 2 is 2.40 bits per heavy atom. The Balaban J connectivity index is 2.34. The van der Waals surface area contributed by atoms with Crippen molar-refractivity contribution in [2.24, 2.45) is 0 Å². The first-order chi connectivity index (χ1) is 7.22. The van der Waals surface area contributed by atoms with Gasteiger partial charge in [0.25, 0.3) is 0 Å². The van der Waals surface area contributed by atoms with Gasteiger partial charge in [0.1, 0.15) is 5.82 Å². The Labute approximate surface area is 99.0 Å². The third-order valence-electron chi connectivity index (χ3n) is 1.56. The second-order valence-electron chi connectivity index (χ2n) is 2.85. The lowest BCUT2D eigenvalue weighted by atomic mass is 10.4. The molecule has 0 aliphatic heterocycles. The molecule has 0 radical (unpaired) electrons. The summed E-state index contributed by atoms with van der Waals surface area (Å²) in [5.74, 6) is 5.02. The average Bonchev–Trinajstić information content (AvgIpc) is 2.16. The number of hydrogen-bond donors (Lipinski definition) is 1. The quantitative estimate of drug-likeness (QED) is 0.487. The Morgan fingerprint density at radius 1 is 1.60 bits per heavy atom. The SMILES string of the molecule is C#CCSCCNc1cc(C)nc(Cl)n1. The molecular weight excluding hydrogens is 230 g/mol. The van der Waals surface area contributed by atoms with E-state index in [1.54, 1.807) is 11.8 Å². The van der Waals surface area contributed by atoms with Crippen molar-refractivity contribution in [1.29, 1.82) is 0 Å². The van der Waals surface area contributed by atoms with Crippen LogP contribution in [0, 0.1) is 19.3 Å². The van der Waals surface area contributed by atoms with Crippen molar-refractivity contribution in [3.63, 3.8) is 0 Å². The number of thioether (sulfide) groups is 1. The number of anilines is 1. The summed E-state index contributed by atoms with van der Waals surface area (Å²) in [5.41, 5.74) is 0.855. The van der Waals surface area contributed by atoms with Crippen LogP contribution in [-0.2, 0) is 0 Å². The minimum absolute atomic E-state index is 0.272. The maximum Gasteiger partial charge on any atom is 0.224 e. The zero-order valence-electron chi connectivity index (χ0n) is 8.46. The summed E-state index contributed by atoms with van der Waals surface area (Å²) in [6, 6.07) is 1.86. The summed E-state index contributed by atoms with van der Waals surface area (Å²) in [6.45, 7) is 2.70. The zero-order valence-corrected chi connectivity index (χ0v) is 10.0. The highest BCUT2D eigenvalue weighted by Gasteiger charge is 1.98. The van der Waals surface area contributed by atoms with Crippen molar-refractivity contribution in [2.75, 3.05) is 23.4 Å². The van der Waals surface area contributed by atoms with Gasteiger partial charge in [-0.25, -0.2) is 9.97 Å². The van der Waals surface area contributed by atoms with E-state index < -0.39 is 0 Å². The van der Waals surface area contributed by atoms with Crippen LogP contribution in [0.2, 0.25) is 5.28 Å². The van der Waals surface area contributed by atoms with Crippen molar-refractivity contribution < 1.29 is 0 Å². The van der Waals surface area contributed by atoms with Gasteiger partial charge in [0.05, 0.1) is 5.75 Å². The number of rotatable bonds is 5. The fraction of sp³-hybridized carbons (Fsp3) is 0.400. The predicted molar refractivity (Wildman–Crippen MR) is 66.4 cm³/mol. The normalized spacial score (nSPS) is 9.67. The molecule has 0 saturated carbocycles. The molecule has 1 aromatic heterocycles. The molecule has 0 aliphatic carbocycles. The van der Waals surface area contributed by atoms with Gasteiger partial charge in [0, 0.05) is 24.1 Å². The minimum atomic E-state index is 0.272. The number of nitrogens with one attached hydrogen (secondary N) is 1. The van der Waals surface area contributed by atoms with Crippen molar-refractivity contribution >= 4 is 29.2 Å². The van der Waals surface area contributed by atoms with Crippen LogP contribution in [0.25, 0.3) is 0 Å². The highest BCUT2D eigenvalue weighted by atomic mass is 35.5. The number of terminal acetylenes is 1. The smallest absolute Gasteiger partial charge is 0.224 e. The van der Waals surface area contributed by atoms with E-state index in [2.05, 4.69) is 21.2 Å². The van der Waals surface area contributed by atoms with E-state index in [1.807, 2.05) is 13.0 Å². The van der Waals surface area contributed by atoms with Gasteiger partial charge in [0.2, 0.25) is 5.28 Å². The summed E-state index contributed by atoms with van der Waals surface area (Å²) in [5, 5.41) is 3.43. The van der Waals surface area contributed by atoms with E-state index in [4.69, 9.17) is 18.0 Å². The molecule has 0 spiro atoms. The lowest BCUT2D eigenvalue weighted by Gasteiger charge is -2.05. The minimum Gasteiger partial charge on any atom is -0.369 e. The van der Waals surface area contributed by atoms with Gasteiger partial charge in [-0.2, -0.15) is 0 Å². The lowest BCUT2D eigenvalue weighted by molar-refractivity contribution is 1.08. The highest BCUT2D eigenvalue weighted by Crippen LogP contribution is 2.09. The Kier molecular flexibility index (Phi) is 5.30. The van der Waals surface area contributed by atoms with E-state index in [9.17, 15) is 0 Å². The second kappa shape index (κ2) is 6.54. The van der Waals surface area contributed by atoms with Crippen molar-refractivity contribution in [3.05, 3.63) is 17.0 Å². The first kappa shape index (κ1) is 12.2. The molecule has 1 rings (SSSR count). The van der Waals surface area contributed by atoms with Crippen LogP contribution in [0.15, 0.2) is 6.07 Å². The molecule has 1 aromatic rings. The molecule has 0 unspecified atom stereocenters. The summed E-state index contributed by atoms with van der Waals surface area (Å²) in [7, 11) is 0. The van der Waals surface area contributed by atoms with Crippen molar-refractivity contribution in [2.45, 2.75) is 6.92 Å². The van der Waals surface area contributed by atoms with Crippen LogP contribution in [0.1, 0.15) is 5.69 Å². The molecule has 0 saturated heterocycles. The summed E-state index contributed by atoms with van der Waals surface area (Å²) < 4.78 is 0. The maximum absolute atomic E-state index is 5.72. The summed E-state index contributed by atoms with van der Waals surface area (Å²) >= 11 is 7.42. The molecule has 1 N–H and O–H groups in total. The highest BCUT2D eigenvalue weighted by molar-refractivity contribution is 7.99. The molecule has 0 aliphatic rings. The fourth-order valence-corrected chi connectivity index (χ4v) is 1.74. The monoisotopic (exact) mass is 241 g/mol.